The van der Waals surface area contributed by atoms with Gasteiger partial charge in [0, 0.05) is 6.54 Å². The van der Waals surface area contributed by atoms with Crippen molar-refractivity contribution in [2.75, 3.05) is 6.54 Å². The summed E-state index contributed by atoms with van der Waals surface area (Å²) in [5.41, 5.74) is 0.956. The van der Waals surface area contributed by atoms with Crippen LogP contribution in [0.5, 0.6) is 0 Å². The van der Waals surface area contributed by atoms with Crippen molar-refractivity contribution in [1.82, 2.24) is 13.9 Å². The molecule has 0 saturated heterocycles. The molecule has 0 aliphatic carbocycles. The molecule has 1 aromatic heterocycles. The number of fused-ring (bicyclic) bond motifs is 1. The summed E-state index contributed by atoms with van der Waals surface area (Å²) in [7, 11) is -3.83. The lowest BCUT2D eigenvalue weighted by Crippen LogP contribution is -2.39. The Morgan fingerprint density at radius 3 is 2.06 bits per heavy atom. The van der Waals surface area contributed by atoms with Crippen molar-refractivity contribution < 1.29 is 8.42 Å². The van der Waals surface area contributed by atoms with E-state index in [1.54, 1.807) is 55.5 Å². The lowest BCUT2D eigenvalue weighted by molar-refractivity contribution is 0.296. The van der Waals surface area contributed by atoms with Crippen LogP contribution in [0.15, 0.2) is 94.6 Å². The molecule has 4 aromatic rings. The molecule has 1 heterocycles. The molecule has 170 valence electrons. The summed E-state index contributed by atoms with van der Waals surface area (Å²) in [6.45, 7) is 6.02. The van der Waals surface area contributed by atoms with Crippen LogP contribution in [0.4, 0.5) is 0 Å². The van der Waals surface area contributed by atoms with Crippen LogP contribution in [-0.4, -0.2) is 28.8 Å². The molecule has 1 atom stereocenters. The summed E-state index contributed by atoms with van der Waals surface area (Å²) in [6.07, 6.45) is 0. The van der Waals surface area contributed by atoms with Gasteiger partial charge in [0.2, 0.25) is 10.0 Å². The van der Waals surface area contributed by atoms with Gasteiger partial charge in [0.25, 0.3) is 5.56 Å². The van der Waals surface area contributed by atoms with E-state index >= 15 is 0 Å². The van der Waals surface area contributed by atoms with Gasteiger partial charge in [-0.3, -0.25) is 9.36 Å². The topological polar surface area (TPSA) is 72.3 Å². The van der Waals surface area contributed by atoms with Crippen LogP contribution in [0.2, 0.25) is 0 Å². The Bertz CT molecular complexity index is 1420. The van der Waals surface area contributed by atoms with E-state index in [-0.39, 0.29) is 22.9 Å². The highest BCUT2D eigenvalue weighted by molar-refractivity contribution is 7.89. The van der Waals surface area contributed by atoms with Crippen molar-refractivity contribution >= 4 is 20.9 Å². The maximum absolute atomic E-state index is 13.7. The molecule has 0 saturated carbocycles. The van der Waals surface area contributed by atoms with Crippen LogP contribution >= 0.6 is 0 Å². The minimum atomic E-state index is -3.83. The van der Waals surface area contributed by atoms with Crippen LogP contribution in [0.25, 0.3) is 16.6 Å². The maximum Gasteiger partial charge on any atom is 0.266 e. The predicted molar refractivity (Wildman–Crippen MR) is 131 cm³/mol. The third kappa shape index (κ3) is 4.47. The number of aromatic nitrogens is 2. The van der Waals surface area contributed by atoms with Gasteiger partial charge in [-0.25, -0.2) is 13.4 Å². The standard InChI is InChI=1S/C26H27N3O3S/c1-19(2)18-28(33(31,32)22-14-8-5-9-15-22)20(3)25-27-24-17-11-10-16-23(24)26(30)29(25)21-12-6-4-7-13-21/h4-17,19-20H,18H2,1-3H3. The highest BCUT2D eigenvalue weighted by atomic mass is 32.2. The lowest BCUT2D eigenvalue weighted by atomic mass is 10.1. The fraction of sp³-hybridized carbons (Fsp3) is 0.231. The molecular weight excluding hydrogens is 434 g/mol. The number of benzene rings is 3. The van der Waals surface area contributed by atoms with Gasteiger partial charge in [-0.15, -0.1) is 0 Å². The first-order valence-corrected chi connectivity index (χ1v) is 12.4. The van der Waals surface area contributed by atoms with Crippen molar-refractivity contribution in [3.05, 3.63) is 101 Å². The van der Waals surface area contributed by atoms with Crippen molar-refractivity contribution in [3.63, 3.8) is 0 Å². The fourth-order valence-corrected chi connectivity index (χ4v) is 5.71. The van der Waals surface area contributed by atoms with Gasteiger partial charge in [-0.1, -0.05) is 62.4 Å². The SMILES string of the molecule is CC(C)CN(C(C)c1nc2ccccc2c(=O)n1-c1ccccc1)S(=O)(=O)c1ccccc1. The van der Waals surface area contributed by atoms with Crippen molar-refractivity contribution in [3.8, 4) is 5.69 Å². The van der Waals surface area contributed by atoms with E-state index in [1.165, 1.54) is 8.87 Å². The Balaban J connectivity index is 1.96. The third-order valence-corrected chi connectivity index (χ3v) is 7.47. The molecule has 7 heteroatoms. The molecule has 0 N–H and O–H groups in total. The first-order chi connectivity index (χ1) is 15.8. The number of sulfonamides is 1. The number of hydrogen-bond donors (Lipinski definition) is 0. The fourth-order valence-electron chi connectivity index (χ4n) is 3.94. The summed E-state index contributed by atoms with van der Waals surface area (Å²) >= 11 is 0. The van der Waals surface area contributed by atoms with Crippen molar-refractivity contribution in [2.45, 2.75) is 31.7 Å². The van der Waals surface area contributed by atoms with E-state index < -0.39 is 16.1 Å². The first kappa shape index (κ1) is 22.9. The zero-order valence-corrected chi connectivity index (χ0v) is 19.7. The van der Waals surface area contributed by atoms with Gasteiger partial charge in [-0.2, -0.15) is 4.31 Å². The van der Waals surface area contributed by atoms with Gasteiger partial charge in [0.1, 0.15) is 5.82 Å². The maximum atomic E-state index is 13.7. The van der Waals surface area contributed by atoms with E-state index in [9.17, 15) is 13.2 Å². The van der Waals surface area contributed by atoms with E-state index in [2.05, 4.69) is 0 Å². The smallest absolute Gasteiger partial charge is 0.266 e. The number of rotatable bonds is 7. The third-order valence-electron chi connectivity index (χ3n) is 5.52. The molecule has 0 radical (unpaired) electrons. The Morgan fingerprint density at radius 2 is 1.42 bits per heavy atom. The van der Waals surface area contributed by atoms with Crippen LogP contribution in [0, 0.1) is 5.92 Å². The van der Waals surface area contributed by atoms with Gasteiger partial charge >= 0.3 is 0 Å². The Labute approximate surface area is 194 Å². The second-order valence-corrected chi connectivity index (χ2v) is 10.3. The molecule has 3 aromatic carbocycles. The molecule has 0 amide bonds. The van der Waals surface area contributed by atoms with Crippen molar-refractivity contribution in [2.24, 2.45) is 5.92 Å². The summed E-state index contributed by atoms with van der Waals surface area (Å²) in [4.78, 5) is 18.6. The average Bonchev–Trinajstić information content (AvgIpc) is 2.83. The molecular formula is C26H27N3O3S. The van der Waals surface area contributed by atoms with Crippen LogP contribution in [0.1, 0.15) is 32.6 Å². The van der Waals surface area contributed by atoms with E-state index in [1.807, 2.05) is 50.2 Å². The molecule has 1 unspecified atom stereocenters. The normalized spacial score (nSPS) is 13.0. The van der Waals surface area contributed by atoms with E-state index in [0.717, 1.165) is 0 Å². The highest BCUT2D eigenvalue weighted by Gasteiger charge is 2.33. The number of hydrogen-bond acceptors (Lipinski definition) is 4. The van der Waals surface area contributed by atoms with Crippen molar-refractivity contribution in [1.29, 1.82) is 0 Å². The van der Waals surface area contributed by atoms with E-state index in [4.69, 9.17) is 4.98 Å². The average molecular weight is 462 g/mol. The summed E-state index contributed by atoms with van der Waals surface area (Å²) in [6, 6.07) is 24.1. The number of para-hydroxylation sites is 2. The second-order valence-electron chi connectivity index (χ2n) is 8.42. The molecule has 0 bridgehead atoms. The molecule has 0 spiro atoms. The van der Waals surface area contributed by atoms with Gasteiger partial charge in [0.15, 0.2) is 0 Å². The summed E-state index contributed by atoms with van der Waals surface area (Å²) in [5, 5.41) is 0.485. The van der Waals surface area contributed by atoms with Crippen LogP contribution < -0.4 is 5.56 Å². The van der Waals surface area contributed by atoms with Gasteiger partial charge in [-0.05, 0) is 49.2 Å². The summed E-state index contributed by atoms with van der Waals surface area (Å²) < 4.78 is 30.4. The largest absolute Gasteiger partial charge is 0.268 e. The molecule has 0 aliphatic heterocycles. The lowest BCUT2D eigenvalue weighted by Gasteiger charge is -2.31. The van der Waals surface area contributed by atoms with E-state index in [0.29, 0.717) is 22.4 Å². The Kier molecular flexibility index (Phi) is 6.44. The Morgan fingerprint density at radius 1 is 0.848 bits per heavy atom. The zero-order valence-electron chi connectivity index (χ0n) is 18.9. The van der Waals surface area contributed by atoms with Crippen LogP contribution in [0.3, 0.4) is 0 Å². The monoisotopic (exact) mass is 461 g/mol. The highest BCUT2D eigenvalue weighted by Crippen LogP contribution is 2.29. The zero-order chi connectivity index (χ0) is 23.6. The number of nitrogens with zero attached hydrogens (tertiary/aromatic N) is 3. The summed E-state index contributed by atoms with van der Waals surface area (Å²) in [5.74, 6) is 0.452. The quantitative estimate of drug-likeness (QED) is 0.397. The second kappa shape index (κ2) is 9.29. The Hall–Kier alpha value is -3.29. The van der Waals surface area contributed by atoms with Gasteiger partial charge in [0.05, 0.1) is 27.5 Å². The predicted octanol–water partition coefficient (Wildman–Crippen LogP) is 4.79. The van der Waals surface area contributed by atoms with Crippen LogP contribution in [-0.2, 0) is 10.0 Å². The molecule has 0 aliphatic rings. The van der Waals surface area contributed by atoms with Gasteiger partial charge < -0.3 is 0 Å². The molecule has 0 fully saturated rings. The first-order valence-electron chi connectivity index (χ1n) is 10.9. The minimum Gasteiger partial charge on any atom is -0.268 e. The molecule has 6 nitrogen and oxygen atoms in total. The minimum absolute atomic E-state index is 0.0725. The molecule has 33 heavy (non-hydrogen) atoms. The molecule has 4 rings (SSSR count).